The summed E-state index contributed by atoms with van der Waals surface area (Å²) < 4.78 is 0. The van der Waals surface area contributed by atoms with E-state index in [1.165, 1.54) is 4.88 Å². The number of aromatic amines is 1. The maximum atomic E-state index is 9.62. The molecule has 0 aromatic carbocycles. The molecule has 0 saturated carbocycles. The molecule has 0 unspecified atom stereocenters. The largest absolute Gasteiger partial charge is 0.389 e. The summed E-state index contributed by atoms with van der Waals surface area (Å²) >= 11 is 1.69. The van der Waals surface area contributed by atoms with Gasteiger partial charge in [-0.05, 0) is 25.3 Å². The van der Waals surface area contributed by atoms with Crippen LogP contribution in [0.2, 0.25) is 0 Å². The Labute approximate surface area is 105 Å². The molecule has 2 aromatic heterocycles. The first kappa shape index (κ1) is 12.3. The summed E-state index contributed by atoms with van der Waals surface area (Å²) in [6.07, 6.45) is 1.83. The Morgan fingerprint density at radius 3 is 3.00 bits per heavy atom. The molecule has 5 heteroatoms. The van der Waals surface area contributed by atoms with Gasteiger partial charge in [-0.1, -0.05) is 6.07 Å². The first-order valence-corrected chi connectivity index (χ1v) is 6.43. The molecule has 0 aliphatic carbocycles. The van der Waals surface area contributed by atoms with Crippen molar-refractivity contribution < 1.29 is 5.11 Å². The lowest BCUT2D eigenvalue weighted by molar-refractivity contribution is 0.0795. The molecule has 4 nitrogen and oxygen atoms in total. The number of nitrogens with one attached hydrogen (secondary N) is 2. The van der Waals surface area contributed by atoms with Gasteiger partial charge < -0.3 is 10.4 Å². The number of hydrogen-bond acceptors (Lipinski definition) is 4. The van der Waals surface area contributed by atoms with Crippen LogP contribution in [0.4, 0.5) is 0 Å². The van der Waals surface area contributed by atoms with Crippen molar-refractivity contribution in [2.75, 3.05) is 6.54 Å². The van der Waals surface area contributed by atoms with Gasteiger partial charge in [0.05, 0.1) is 22.4 Å². The van der Waals surface area contributed by atoms with E-state index >= 15 is 0 Å². The van der Waals surface area contributed by atoms with Gasteiger partial charge in [0.1, 0.15) is 0 Å². The van der Waals surface area contributed by atoms with Crippen molar-refractivity contribution in [3.8, 4) is 10.6 Å². The van der Waals surface area contributed by atoms with E-state index in [4.69, 9.17) is 0 Å². The minimum absolute atomic E-state index is 0.558. The highest BCUT2D eigenvalue weighted by molar-refractivity contribution is 7.13. The molecule has 2 heterocycles. The lowest BCUT2D eigenvalue weighted by Crippen LogP contribution is -2.34. The summed E-state index contributed by atoms with van der Waals surface area (Å²) in [6.45, 7) is 4.83. The molecule has 0 aliphatic rings. The van der Waals surface area contributed by atoms with Crippen LogP contribution in [-0.4, -0.2) is 27.4 Å². The molecule has 0 bridgehead atoms. The van der Waals surface area contributed by atoms with Crippen LogP contribution < -0.4 is 5.32 Å². The molecule has 0 spiro atoms. The third-order valence-electron chi connectivity index (χ3n) is 2.36. The molecular formula is C12H17N3OS. The molecule has 0 radical (unpaired) electrons. The quantitative estimate of drug-likeness (QED) is 0.761. The fourth-order valence-electron chi connectivity index (χ4n) is 1.58. The van der Waals surface area contributed by atoms with Crippen molar-refractivity contribution in [2.45, 2.75) is 26.0 Å². The van der Waals surface area contributed by atoms with Crippen LogP contribution >= 0.6 is 11.3 Å². The summed E-state index contributed by atoms with van der Waals surface area (Å²) in [7, 11) is 0. The van der Waals surface area contributed by atoms with E-state index in [0.717, 1.165) is 11.3 Å². The molecule has 0 fully saturated rings. The van der Waals surface area contributed by atoms with Gasteiger partial charge >= 0.3 is 0 Å². The number of hydrogen-bond donors (Lipinski definition) is 3. The van der Waals surface area contributed by atoms with Crippen molar-refractivity contribution in [1.82, 2.24) is 15.5 Å². The smallest absolute Gasteiger partial charge is 0.0794 e. The van der Waals surface area contributed by atoms with Gasteiger partial charge in [-0.2, -0.15) is 5.10 Å². The van der Waals surface area contributed by atoms with E-state index in [-0.39, 0.29) is 0 Å². The lowest BCUT2D eigenvalue weighted by atomic mass is 10.1. The third kappa shape index (κ3) is 3.39. The Balaban J connectivity index is 2.01. The van der Waals surface area contributed by atoms with Gasteiger partial charge in [0.25, 0.3) is 0 Å². The second-order valence-electron chi connectivity index (χ2n) is 4.66. The molecule has 0 atom stereocenters. The first-order valence-electron chi connectivity index (χ1n) is 5.55. The molecule has 0 aliphatic heterocycles. The number of H-pyrrole nitrogens is 1. The van der Waals surface area contributed by atoms with Gasteiger partial charge in [0.15, 0.2) is 0 Å². The predicted molar refractivity (Wildman–Crippen MR) is 69.9 cm³/mol. The van der Waals surface area contributed by atoms with Crippen LogP contribution in [-0.2, 0) is 6.54 Å². The SMILES string of the molecule is CC(C)(O)CNCc1cn[nH]c1-c1cccs1. The van der Waals surface area contributed by atoms with Crippen molar-refractivity contribution in [1.29, 1.82) is 0 Å². The van der Waals surface area contributed by atoms with Crippen LogP contribution in [0, 0.1) is 0 Å². The van der Waals surface area contributed by atoms with Gasteiger partial charge in [0.2, 0.25) is 0 Å². The zero-order valence-corrected chi connectivity index (χ0v) is 10.8. The third-order valence-corrected chi connectivity index (χ3v) is 3.25. The molecule has 3 N–H and O–H groups in total. The Morgan fingerprint density at radius 2 is 2.35 bits per heavy atom. The minimum atomic E-state index is -0.688. The summed E-state index contributed by atoms with van der Waals surface area (Å²) in [5.74, 6) is 0. The van der Waals surface area contributed by atoms with Gasteiger partial charge in [-0.25, -0.2) is 0 Å². The Morgan fingerprint density at radius 1 is 1.53 bits per heavy atom. The topological polar surface area (TPSA) is 60.9 Å². The van der Waals surface area contributed by atoms with Gasteiger partial charge in [-0.15, -0.1) is 11.3 Å². The molecule has 0 saturated heterocycles. The fourth-order valence-corrected chi connectivity index (χ4v) is 2.34. The summed E-state index contributed by atoms with van der Waals surface area (Å²) in [4.78, 5) is 1.18. The average molecular weight is 251 g/mol. The maximum Gasteiger partial charge on any atom is 0.0794 e. The Kier molecular flexibility index (Phi) is 3.61. The number of aliphatic hydroxyl groups is 1. The van der Waals surface area contributed by atoms with E-state index in [1.807, 2.05) is 17.6 Å². The van der Waals surface area contributed by atoms with E-state index in [2.05, 4.69) is 21.6 Å². The minimum Gasteiger partial charge on any atom is -0.389 e. The fraction of sp³-hybridized carbons (Fsp3) is 0.417. The van der Waals surface area contributed by atoms with Gasteiger partial charge in [-0.3, -0.25) is 5.10 Å². The van der Waals surface area contributed by atoms with Crippen LogP contribution in [0.15, 0.2) is 23.7 Å². The molecular weight excluding hydrogens is 234 g/mol. The Bertz CT molecular complexity index is 456. The summed E-state index contributed by atoms with van der Waals surface area (Å²) in [6, 6.07) is 4.09. The van der Waals surface area contributed by atoms with Crippen LogP contribution in [0.5, 0.6) is 0 Å². The number of thiophene rings is 1. The monoisotopic (exact) mass is 251 g/mol. The zero-order valence-electron chi connectivity index (χ0n) is 10.0. The van der Waals surface area contributed by atoms with Crippen molar-refractivity contribution >= 4 is 11.3 Å². The van der Waals surface area contributed by atoms with E-state index in [0.29, 0.717) is 13.1 Å². The lowest BCUT2D eigenvalue weighted by Gasteiger charge is -2.17. The molecule has 17 heavy (non-hydrogen) atoms. The van der Waals surface area contributed by atoms with E-state index in [9.17, 15) is 5.11 Å². The second-order valence-corrected chi connectivity index (χ2v) is 5.61. The van der Waals surface area contributed by atoms with Crippen LogP contribution in [0.3, 0.4) is 0 Å². The maximum absolute atomic E-state index is 9.62. The highest BCUT2D eigenvalue weighted by Gasteiger charge is 2.13. The molecule has 92 valence electrons. The zero-order chi connectivity index (χ0) is 12.3. The van der Waals surface area contributed by atoms with Gasteiger partial charge in [0, 0.05) is 18.7 Å². The molecule has 2 aromatic rings. The number of rotatable bonds is 5. The highest BCUT2D eigenvalue weighted by atomic mass is 32.1. The standard InChI is InChI=1S/C12H17N3OS/c1-12(2,16)8-13-6-9-7-14-15-11(9)10-4-3-5-17-10/h3-5,7,13,16H,6,8H2,1-2H3,(H,14,15). The number of nitrogens with zero attached hydrogens (tertiary/aromatic N) is 1. The van der Waals surface area contributed by atoms with E-state index < -0.39 is 5.60 Å². The van der Waals surface area contributed by atoms with Crippen molar-refractivity contribution in [3.05, 3.63) is 29.3 Å². The van der Waals surface area contributed by atoms with Crippen LogP contribution in [0.25, 0.3) is 10.6 Å². The normalized spacial score (nSPS) is 11.9. The average Bonchev–Trinajstić information content (AvgIpc) is 2.82. The number of aromatic nitrogens is 2. The molecule has 2 rings (SSSR count). The summed E-state index contributed by atoms with van der Waals surface area (Å²) in [5, 5.41) is 22.0. The predicted octanol–water partition coefficient (Wildman–Crippen LogP) is 2.00. The second kappa shape index (κ2) is 5.00. The van der Waals surface area contributed by atoms with Crippen molar-refractivity contribution in [3.63, 3.8) is 0 Å². The molecule has 0 amide bonds. The first-order chi connectivity index (χ1) is 8.06. The van der Waals surface area contributed by atoms with Crippen molar-refractivity contribution in [2.24, 2.45) is 0 Å². The highest BCUT2D eigenvalue weighted by Crippen LogP contribution is 2.25. The Hall–Kier alpha value is -1.17. The van der Waals surface area contributed by atoms with E-state index in [1.54, 1.807) is 25.2 Å². The summed E-state index contributed by atoms with van der Waals surface area (Å²) in [5.41, 5.74) is 1.49. The van der Waals surface area contributed by atoms with Crippen LogP contribution in [0.1, 0.15) is 19.4 Å².